The van der Waals surface area contributed by atoms with Gasteiger partial charge >= 0.3 is 12.1 Å². The number of carbonyl (C=O) groups is 2. The van der Waals surface area contributed by atoms with Gasteiger partial charge in [-0.05, 0) is 38.5 Å². The summed E-state index contributed by atoms with van der Waals surface area (Å²) < 4.78 is 9.59. The molecule has 7 heteroatoms. The predicted molar refractivity (Wildman–Crippen MR) is 76.9 cm³/mol. The van der Waals surface area contributed by atoms with Crippen LogP contribution in [0.5, 0.6) is 5.75 Å². The lowest BCUT2D eigenvalue weighted by Gasteiger charge is -2.20. The molecule has 0 aliphatic heterocycles. The number of methoxy groups -OCH3 is 1. The van der Waals surface area contributed by atoms with Crippen LogP contribution >= 0.6 is 0 Å². The van der Waals surface area contributed by atoms with Crippen molar-refractivity contribution < 1.29 is 24.2 Å². The molecule has 0 bridgehead atoms. The second-order valence-corrected chi connectivity index (χ2v) is 5.40. The van der Waals surface area contributed by atoms with E-state index in [2.05, 4.69) is 10.1 Å². The third-order valence-corrected chi connectivity index (χ3v) is 2.47. The van der Waals surface area contributed by atoms with Crippen molar-refractivity contribution in [2.75, 3.05) is 12.4 Å². The Morgan fingerprint density at radius 1 is 1.33 bits per heavy atom. The lowest BCUT2D eigenvalue weighted by atomic mass is 10.1. The van der Waals surface area contributed by atoms with E-state index in [0.717, 1.165) is 0 Å². The average molecular weight is 296 g/mol. The van der Waals surface area contributed by atoms with Crippen LogP contribution in [0.4, 0.5) is 10.5 Å². The van der Waals surface area contributed by atoms with Crippen LogP contribution in [0.1, 0.15) is 32.4 Å². The molecule has 1 amide bonds. The van der Waals surface area contributed by atoms with Crippen molar-refractivity contribution in [2.45, 2.75) is 32.4 Å². The maximum atomic E-state index is 11.6. The second-order valence-electron chi connectivity index (χ2n) is 5.40. The molecule has 0 saturated carbocycles. The van der Waals surface area contributed by atoms with Gasteiger partial charge in [0.15, 0.2) is 0 Å². The number of ether oxygens (including phenoxy) is 2. The zero-order valence-corrected chi connectivity index (χ0v) is 12.5. The van der Waals surface area contributed by atoms with Crippen LogP contribution in [0.3, 0.4) is 0 Å². The maximum Gasteiger partial charge on any atom is 0.412 e. The molecule has 0 aromatic heterocycles. The van der Waals surface area contributed by atoms with E-state index in [1.54, 1.807) is 20.8 Å². The van der Waals surface area contributed by atoms with Crippen molar-refractivity contribution in [3.63, 3.8) is 0 Å². The number of esters is 1. The summed E-state index contributed by atoms with van der Waals surface area (Å²) in [6.07, 6.45) is -0.692. The zero-order valence-electron chi connectivity index (χ0n) is 12.5. The number of anilines is 1. The van der Waals surface area contributed by atoms with Crippen molar-refractivity contribution in [1.82, 2.24) is 0 Å². The van der Waals surface area contributed by atoms with Gasteiger partial charge in [-0.25, -0.2) is 4.79 Å². The number of nitrogens with one attached hydrogen (secondary N) is 1. The lowest BCUT2D eigenvalue weighted by Crippen LogP contribution is -2.27. The van der Waals surface area contributed by atoms with Gasteiger partial charge < -0.3 is 20.3 Å². The molecule has 0 radical (unpaired) electrons. The molecular weight excluding hydrogens is 276 g/mol. The van der Waals surface area contributed by atoms with Crippen LogP contribution in [-0.2, 0) is 14.3 Å². The van der Waals surface area contributed by atoms with Gasteiger partial charge in [-0.15, -0.1) is 0 Å². The van der Waals surface area contributed by atoms with Crippen LogP contribution in [-0.4, -0.2) is 29.9 Å². The average Bonchev–Trinajstić information content (AvgIpc) is 2.37. The molecule has 0 aliphatic rings. The first kappa shape index (κ1) is 16.8. The molecule has 116 valence electrons. The van der Waals surface area contributed by atoms with Gasteiger partial charge in [0.25, 0.3) is 0 Å². The van der Waals surface area contributed by atoms with Gasteiger partial charge in [0.05, 0.1) is 12.8 Å². The SMILES string of the molecule is COC(=O)C(N)c1ccc(NC(=O)OC(C)(C)C)c(O)c1. The number of nitrogens with two attached hydrogens (primary N) is 1. The highest BCUT2D eigenvalue weighted by Gasteiger charge is 2.20. The van der Waals surface area contributed by atoms with E-state index in [0.29, 0.717) is 5.56 Å². The highest BCUT2D eigenvalue weighted by atomic mass is 16.6. The minimum absolute atomic E-state index is 0.157. The van der Waals surface area contributed by atoms with E-state index >= 15 is 0 Å². The monoisotopic (exact) mass is 296 g/mol. The fourth-order valence-corrected chi connectivity index (χ4v) is 1.52. The normalized spacial score (nSPS) is 12.4. The van der Waals surface area contributed by atoms with E-state index in [4.69, 9.17) is 10.5 Å². The molecule has 7 nitrogen and oxygen atoms in total. The van der Waals surface area contributed by atoms with Gasteiger partial charge in [0.2, 0.25) is 0 Å². The summed E-state index contributed by atoms with van der Waals surface area (Å²) in [7, 11) is 1.22. The number of phenolic OH excluding ortho intramolecular Hbond substituents is 1. The molecule has 21 heavy (non-hydrogen) atoms. The topological polar surface area (TPSA) is 111 Å². The summed E-state index contributed by atoms with van der Waals surface area (Å²) in [5.41, 5.74) is 5.54. The first-order valence-corrected chi connectivity index (χ1v) is 6.30. The minimum atomic E-state index is -1.00. The Bertz CT molecular complexity index is 537. The Hall–Kier alpha value is -2.28. The van der Waals surface area contributed by atoms with Crippen molar-refractivity contribution in [2.24, 2.45) is 5.73 Å². The molecule has 1 aromatic carbocycles. The second kappa shape index (κ2) is 6.45. The summed E-state index contributed by atoms with van der Waals surface area (Å²) in [6.45, 7) is 5.18. The minimum Gasteiger partial charge on any atom is -0.506 e. The molecule has 1 rings (SSSR count). The Balaban J connectivity index is 2.84. The fourth-order valence-electron chi connectivity index (χ4n) is 1.52. The number of amides is 1. The Kier molecular flexibility index (Phi) is 5.15. The van der Waals surface area contributed by atoms with Crippen LogP contribution in [0, 0.1) is 0 Å². The summed E-state index contributed by atoms with van der Waals surface area (Å²) >= 11 is 0. The molecule has 0 fully saturated rings. The predicted octanol–water partition coefficient (Wildman–Crippen LogP) is 1.91. The number of aromatic hydroxyl groups is 1. The van der Waals surface area contributed by atoms with Gasteiger partial charge in [0, 0.05) is 0 Å². The quantitative estimate of drug-likeness (QED) is 0.580. The van der Waals surface area contributed by atoms with E-state index in [-0.39, 0.29) is 11.4 Å². The molecule has 0 heterocycles. The molecule has 0 aliphatic carbocycles. The fraction of sp³-hybridized carbons (Fsp3) is 0.429. The van der Waals surface area contributed by atoms with Crippen molar-refractivity contribution in [3.8, 4) is 5.75 Å². The van der Waals surface area contributed by atoms with Crippen LogP contribution in [0.15, 0.2) is 18.2 Å². The molecule has 1 aromatic rings. The first-order chi connectivity index (χ1) is 9.64. The summed E-state index contributed by atoms with van der Waals surface area (Å²) in [5.74, 6) is -0.847. The van der Waals surface area contributed by atoms with E-state index in [1.165, 1.54) is 25.3 Å². The molecule has 0 saturated heterocycles. The van der Waals surface area contributed by atoms with Gasteiger partial charge in [-0.3, -0.25) is 10.1 Å². The smallest absolute Gasteiger partial charge is 0.412 e. The molecule has 4 N–H and O–H groups in total. The third kappa shape index (κ3) is 4.96. The van der Waals surface area contributed by atoms with Crippen molar-refractivity contribution in [3.05, 3.63) is 23.8 Å². The molecule has 1 atom stereocenters. The summed E-state index contributed by atoms with van der Waals surface area (Å²) in [5, 5.41) is 12.3. The number of hydrogen-bond acceptors (Lipinski definition) is 6. The van der Waals surface area contributed by atoms with Crippen LogP contribution in [0.2, 0.25) is 0 Å². The number of carbonyl (C=O) groups excluding carboxylic acids is 2. The number of hydrogen-bond donors (Lipinski definition) is 3. The van der Waals surface area contributed by atoms with Gasteiger partial charge in [-0.1, -0.05) is 6.07 Å². The summed E-state index contributed by atoms with van der Waals surface area (Å²) in [4.78, 5) is 22.9. The number of phenols is 1. The van der Waals surface area contributed by atoms with E-state index in [9.17, 15) is 14.7 Å². The van der Waals surface area contributed by atoms with Crippen molar-refractivity contribution in [1.29, 1.82) is 0 Å². The number of benzene rings is 1. The Morgan fingerprint density at radius 3 is 2.43 bits per heavy atom. The molecular formula is C14H20N2O5. The zero-order chi connectivity index (χ0) is 16.2. The van der Waals surface area contributed by atoms with Gasteiger partial charge in [0.1, 0.15) is 17.4 Å². The molecule has 1 unspecified atom stereocenters. The highest BCUT2D eigenvalue weighted by Crippen LogP contribution is 2.27. The Labute approximate surface area is 123 Å². The third-order valence-electron chi connectivity index (χ3n) is 2.47. The standard InChI is InChI=1S/C14H20N2O5/c1-14(2,3)21-13(19)16-9-6-5-8(7-10(9)17)11(15)12(18)20-4/h5-7,11,17H,15H2,1-4H3,(H,16,19). The van der Waals surface area contributed by atoms with E-state index < -0.39 is 23.7 Å². The van der Waals surface area contributed by atoms with Crippen LogP contribution < -0.4 is 11.1 Å². The van der Waals surface area contributed by atoms with Gasteiger partial charge in [-0.2, -0.15) is 0 Å². The number of rotatable bonds is 3. The van der Waals surface area contributed by atoms with Crippen molar-refractivity contribution >= 4 is 17.7 Å². The Morgan fingerprint density at radius 2 is 1.95 bits per heavy atom. The van der Waals surface area contributed by atoms with E-state index in [1.807, 2.05) is 0 Å². The summed E-state index contributed by atoms with van der Waals surface area (Å²) in [6, 6.07) is 3.22. The molecule has 0 spiro atoms. The largest absolute Gasteiger partial charge is 0.506 e. The highest BCUT2D eigenvalue weighted by molar-refractivity contribution is 5.87. The van der Waals surface area contributed by atoms with Crippen LogP contribution in [0.25, 0.3) is 0 Å². The first-order valence-electron chi connectivity index (χ1n) is 6.30. The maximum absolute atomic E-state index is 11.6. The lowest BCUT2D eigenvalue weighted by molar-refractivity contribution is -0.142.